The Labute approximate surface area is 138 Å². The van der Waals surface area contributed by atoms with E-state index in [1.807, 2.05) is 12.1 Å². The Hall–Kier alpha value is -0.280. The molecule has 2 rings (SSSR count). The largest absolute Gasteiger partial charge is 0.307 e. The van der Waals surface area contributed by atoms with E-state index >= 15 is 0 Å². The van der Waals surface area contributed by atoms with E-state index in [1.54, 1.807) is 0 Å². The number of rotatable bonds is 5. The van der Waals surface area contributed by atoms with Crippen LogP contribution in [0.5, 0.6) is 0 Å². The molecule has 1 fully saturated rings. The lowest BCUT2D eigenvalue weighted by atomic mass is 9.99. The maximum absolute atomic E-state index is 6.15. The molecule has 4 heteroatoms. The first kappa shape index (κ1) is 17.1. The maximum Gasteiger partial charge on any atom is 0.0595 e. The molecule has 1 aromatic carbocycles. The lowest BCUT2D eigenvalue weighted by Crippen LogP contribution is -2.45. The summed E-state index contributed by atoms with van der Waals surface area (Å²) in [5.41, 5.74) is 1.23. The van der Waals surface area contributed by atoms with E-state index in [0.29, 0.717) is 28.2 Å². The molecule has 0 aromatic heterocycles. The molecule has 0 spiro atoms. The van der Waals surface area contributed by atoms with Crippen LogP contribution in [0.15, 0.2) is 18.2 Å². The molecule has 1 saturated heterocycles. The van der Waals surface area contributed by atoms with Crippen LogP contribution in [0.4, 0.5) is 0 Å². The number of piperidine rings is 1. The van der Waals surface area contributed by atoms with Gasteiger partial charge in [-0.3, -0.25) is 0 Å². The number of hydrogen-bond donors (Lipinski definition) is 1. The van der Waals surface area contributed by atoms with Crippen LogP contribution in [0.1, 0.15) is 51.6 Å². The van der Waals surface area contributed by atoms with Crippen molar-refractivity contribution in [2.75, 3.05) is 13.1 Å². The Balaban J connectivity index is 1.95. The standard InChI is InChI=1S/C17H26Cl2N2/c1-4-17(13-5-6-15(18)16(19)11-13)20-14-7-9-21(10-8-14)12(2)3/h5-6,11-12,14,17,20H,4,7-10H2,1-3H3. The fraction of sp³-hybridized carbons (Fsp3) is 0.647. The van der Waals surface area contributed by atoms with Gasteiger partial charge in [0.15, 0.2) is 0 Å². The summed E-state index contributed by atoms with van der Waals surface area (Å²) in [7, 11) is 0. The van der Waals surface area contributed by atoms with E-state index in [1.165, 1.54) is 31.5 Å². The predicted octanol–water partition coefficient (Wildman–Crippen LogP) is 4.91. The molecule has 1 unspecified atom stereocenters. The molecular formula is C17H26Cl2N2. The van der Waals surface area contributed by atoms with Crippen LogP contribution in [0.3, 0.4) is 0 Å². The number of benzene rings is 1. The number of nitrogens with zero attached hydrogens (tertiary/aromatic N) is 1. The van der Waals surface area contributed by atoms with Gasteiger partial charge in [-0.2, -0.15) is 0 Å². The van der Waals surface area contributed by atoms with Crippen LogP contribution in [-0.4, -0.2) is 30.1 Å². The fourth-order valence-electron chi connectivity index (χ4n) is 3.05. The molecule has 0 radical (unpaired) electrons. The molecule has 1 aliphatic rings. The van der Waals surface area contributed by atoms with Crippen LogP contribution < -0.4 is 5.32 Å². The molecule has 1 aliphatic heterocycles. The first-order chi connectivity index (χ1) is 10.0. The smallest absolute Gasteiger partial charge is 0.0595 e. The Bertz CT molecular complexity index is 454. The highest BCUT2D eigenvalue weighted by molar-refractivity contribution is 6.42. The van der Waals surface area contributed by atoms with Crippen LogP contribution in [0, 0.1) is 0 Å². The molecule has 1 N–H and O–H groups in total. The predicted molar refractivity (Wildman–Crippen MR) is 92.4 cm³/mol. The van der Waals surface area contributed by atoms with E-state index in [-0.39, 0.29) is 0 Å². The minimum atomic E-state index is 0.357. The third-order valence-electron chi connectivity index (χ3n) is 4.45. The lowest BCUT2D eigenvalue weighted by molar-refractivity contribution is 0.156. The Morgan fingerprint density at radius 1 is 1.19 bits per heavy atom. The van der Waals surface area contributed by atoms with Gasteiger partial charge >= 0.3 is 0 Å². The monoisotopic (exact) mass is 328 g/mol. The topological polar surface area (TPSA) is 15.3 Å². The molecule has 0 saturated carbocycles. The summed E-state index contributed by atoms with van der Waals surface area (Å²) in [5, 5.41) is 5.07. The quantitative estimate of drug-likeness (QED) is 0.826. The highest BCUT2D eigenvalue weighted by Crippen LogP contribution is 2.28. The third kappa shape index (κ3) is 4.59. The zero-order valence-electron chi connectivity index (χ0n) is 13.2. The van der Waals surface area contributed by atoms with Crippen molar-refractivity contribution in [2.45, 2.75) is 58.2 Å². The normalized spacial score (nSPS) is 19.1. The summed E-state index contributed by atoms with van der Waals surface area (Å²) in [6.45, 7) is 9.14. The van der Waals surface area contributed by atoms with Crippen LogP contribution in [0.2, 0.25) is 10.0 Å². The van der Waals surface area contributed by atoms with Crippen molar-refractivity contribution in [3.8, 4) is 0 Å². The first-order valence-electron chi connectivity index (χ1n) is 7.96. The van der Waals surface area contributed by atoms with Crippen LogP contribution >= 0.6 is 23.2 Å². The molecule has 0 bridgehead atoms. The summed E-state index contributed by atoms with van der Waals surface area (Å²) < 4.78 is 0. The van der Waals surface area contributed by atoms with Gasteiger partial charge in [0.25, 0.3) is 0 Å². The molecule has 1 heterocycles. The van der Waals surface area contributed by atoms with Gasteiger partial charge in [0, 0.05) is 18.1 Å². The zero-order chi connectivity index (χ0) is 15.4. The summed E-state index contributed by atoms with van der Waals surface area (Å²) in [6.07, 6.45) is 3.49. The number of halogens is 2. The minimum absolute atomic E-state index is 0.357. The van der Waals surface area contributed by atoms with Gasteiger partial charge in [-0.25, -0.2) is 0 Å². The second kappa shape index (κ2) is 7.82. The Kier molecular flexibility index (Phi) is 6.36. The molecule has 1 aromatic rings. The second-order valence-electron chi connectivity index (χ2n) is 6.21. The Morgan fingerprint density at radius 3 is 2.38 bits per heavy atom. The van der Waals surface area contributed by atoms with Gasteiger partial charge in [-0.05, 0) is 63.9 Å². The van der Waals surface area contributed by atoms with E-state index < -0.39 is 0 Å². The van der Waals surface area contributed by atoms with E-state index in [4.69, 9.17) is 23.2 Å². The molecule has 1 atom stereocenters. The van der Waals surface area contributed by atoms with Crippen molar-refractivity contribution >= 4 is 23.2 Å². The molecule has 0 aliphatic carbocycles. The van der Waals surface area contributed by atoms with Gasteiger partial charge < -0.3 is 10.2 Å². The SMILES string of the molecule is CCC(NC1CCN(C(C)C)CC1)c1ccc(Cl)c(Cl)c1. The molecule has 21 heavy (non-hydrogen) atoms. The van der Waals surface area contributed by atoms with Crippen LogP contribution in [-0.2, 0) is 0 Å². The Morgan fingerprint density at radius 2 is 1.86 bits per heavy atom. The molecule has 118 valence electrons. The van der Waals surface area contributed by atoms with Crippen molar-refractivity contribution in [1.82, 2.24) is 10.2 Å². The van der Waals surface area contributed by atoms with Gasteiger partial charge in [-0.1, -0.05) is 36.2 Å². The highest BCUT2D eigenvalue weighted by atomic mass is 35.5. The van der Waals surface area contributed by atoms with E-state index in [2.05, 4.69) is 37.1 Å². The van der Waals surface area contributed by atoms with Crippen molar-refractivity contribution < 1.29 is 0 Å². The lowest BCUT2D eigenvalue weighted by Gasteiger charge is -2.36. The van der Waals surface area contributed by atoms with Gasteiger partial charge in [0.2, 0.25) is 0 Å². The third-order valence-corrected chi connectivity index (χ3v) is 5.19. The number of hydrogen-bond acceptors (Lipinski definition) is 2. The number of nitrogens with one attached hydrogen (secondary N) is 1. The summed E-state index contributed by atoms with van der Waals surface area (Å²) in [4.78, 5) is 2.55. The fourth-order valence-corrected chi connectivity index (χ4v) is 3.35. The van der Waals surface area contributed by atoms with Crippen molar-refractivity contribution in [1.29, 1.82) is 0 Å². The number of likely N-dealkylation sites (tertiary alicyclic amines) is 1. The minimum Gasteiger partial charge on any atom is -0.307 e. The van der Waals surface area contributed by atoms with Gasteiger partial charge in [0.05, 0.1) is 10.0 Å². The maximum atomic E-state index is 6.15. The highest BCUT2D eigenvalue weighted by Gasteiger charge is 2.23. The van der Waals surface area contributed by atoms with Crippen molar-refractivity contribution in [2.24, 2.45) is 0 Å². The average Bonchev–Trinajstić information content (AvgIpc) is 2.48. The average molecular weight is 329 g/mol. The van der Waals surface area contributed by atoms with Crippen molar-refractivity contribution in [3.63, 3.8) is 0 Å². The van der Waals surface area contributed by atoms with E-state index in [0.717, 1.165) is 6.42 Å². The van der Waals surface area contributed by atoms with Gasteiger partial charge in [-0.15, -0.1) is 0 Å². The second-order valence-corrected chi connectivity index (χ2v) is 7.02. The first-order valence-corrected chi connectivity index (χ1v) is 8.72. The van der Waals surface area contributed by atoms with Crippen LogP contribution in [0.25, 0.3) is 0 Å². The molecule has 2 nitrogen and oxygen atoms in total. The van der Waals surface area contributed by atoms with Crippen molar-refractivity contribution in [3.05, 3.63) is 33.8 Å². The molecular weight excluding hydrogens is 303 g/mol. The van der Waals surface area contributed by atoms with E-state index in [9.17, 15) is 0 Å². The summed E-state index contributed by atoms with van der Waals surface area (Å²) >= 11 is 12.2. The zero-order valence-corrected chi connectivity index (χ0v) is 14.7. The van der Waals surface area contributed by atoms with Gasteiger partial charge in [0.1, 0.15) is 0 Å². The summed E-state index contributed by atoms with van der Waals surface area (Å²) in [6, 6.07) is 7.58. The molecule has 0 amide bonds. The summed E-state index contributed by atoms with van der Waals surface area (Å²) in [5.74, 6) is 0.